The predicted molar refractivity (Wildman–Crippen MR) is 123 cm³/mol. The number of ketones is 1. The molecule has 3 aromatic rings. The highest BCUT2D eigenvalue weighted by Crippen LogP contribution is 2.41. The third kappa shape index (κ3) is 4.87. The molecule has 0 fully saturated rings. The lowest BCUT2D eigenvalue weighted by atomic mass is 9.84. The molecule has 184 valence electrons. The quantitative estimate of drug-likeness (QED) is 0.452. The van der Waals surface area contributed by atoms with Crippen LogP contribution in [0.15, 0.2) is 42.7 Å². The Kier molecular flexibility index (Phi) is 6.82. The van der Waals surface area contributed by atoms with Gasteiger partial charge >= 0.3 is 6.18 Å². The number of hydrogen-bond acceptors (Lipinski definition) is 6. The van der Waals surface area contributed by atoms with Gasteiger partial charge in [0.25, 0.3) is 5.91 Å². The number of benzene rings is 1. The molecule has 3 heterocycles. The average Bonchev–Trinajstić information content (AvgIpc) is 3.23. The summed E-state index contributed by atoms with van der Waals surface area (Å²) in [5, 5.41) is 18.3. The van der Waals surface area contributed by atoms with Crippen LogP contribution in [0.1, 0.15) is 57.3 Å². The molecule has 0 aliphatic carbocycles. The van der Waals surface area contributed by atoms with E-state index in [1.807, 2.05) is 6.92 Å². The molecule has 0 bridgehead atoms. The molecular weight excluding hydrogens is 487 g/mol. The lowest BCUT2D eigenvalue weighted by Gasteiger charge is -2.28. The zero-order chi connectivity index (χ0) is 25.3. The first-order valence-electron chi connectivity index (χ1n) is 10.7. The lowest BCUT2D eigenvalue weighted by Crippen LogP contribution is -2.29. The van der Waals surface area contributed by atoms with Crippen molar-refractivity contribution in [2.75, 3.05) is 23.8 Å². The van der Waals surface area contributed by atoms with E-state index in [-0.39, 0.29) is 42.0 Å². The van der Waals surface area contributed by atoms with Crippen LogP contribution in [0.4, 0.5) is 24.7 Å². The van der Waals surface area contributed by atoms with Crippen molar-refractivity contribution in [2.45, 2.75) is 31.5 Å². The zero-order valence-electron chi connectivity index (χ0n) is 18.4. The molecule has 1 unspecified atom stereocenters. The van der Waals surface area contributed by atoms with Gasteiger partial charge in [-0.15, -0.1) is 0 Å². The molecule has 1 aliphatic heterocycles. The number of Topliss-reactive ketones (excluding diaryl/α,β-unsaturated/α-hetero) is 1. The molecule has 2 atom stereocenters. The third-order valence-corrected chi connectivity index (χ3v) is 6.06. The monoisotopic (exact) mass is 507 g/mol. The normalized spacial score (nSPS) is 17.7. The number of rotatable bonds is 6. The SMILES string of the molecule is C[C@H]1CC(c2ccc(C(F)(F)F)c(Cl)c2)C(=O)c2c(NC(=O)c3cccnc3NCCO)cnn21. The number of nitrogens with zero attached hydrogens (tertiary/aromatic N) is 3. The fourth-order valence-electron chi connectivity index (χ4n) is 4.11. The molecule has 1 aromatic carbocycles. The Hall–Kier alpha value is -3.44. The summed E-state index contributed by atoms with van der Waals surface area (Å²) in [5.74, 6) is -1.44. The smallest absolute Gasteiger partial charge is 0.395 e. The van der Waals surface area contributed by atoms with Gasteiger partial charge in [-0.3, -0.25) is 14.3 Å². The van der Waals surface area contributed by atoms with Gasteiger partial charge < -0.3 is 15.7 Å². The van der Waals surface area contributed by atoms with Crippen LogP contribution in [-0.2, 0) is 6.18 Å². The van der Waals surface area contributed by atoms with Crippen LogP contribution in [0, 0.1) is 0 Å². The second-order valence-electron chi connectivity index (χ2n) is 8.09. The lowest BCUT2D eigenvalue weighted by molar-refractivity contribution is -0.137. The summed E-state index contributed by atoms with van der Waals surface area (Å²) in [7, 11) is 0. The van der Waals surface area contributed by atoms with Crippen molar-refractivity contribution in [1.29, 1.82) is 0 Å². The molecule has 35 heavy (non-hydrogen) atoms. The number of aliphatic hydroxyl groups excluding tert-OH is 1. The van der Waals surface area contributed by atoms with Crippen LogP contribution in [-0.4, -0.2) is 44.7 Å². The molecule has 3 N–H and O–H groups in total. The topological polar surface area (TPSA) is 109 Å². The largest absolute Gasteiger partial charge is 0.417 e. The minimum absolute atomic E-state index is 0.145. The van der Waals surface area contributed by atoms with Gasteiger partial charge in [0, 0.05) is 12.7 Å². The van der Waals surface area contributed by atoms with E-state index >= 15 is 0 Å². The Labute approximate surface area is 203 Å². The third-order valence-electron chi connectivity index (χ3n) is 5.75. The number of aromatic nitrogens is 3. The highest BCUT2D eigenvalue weighted by atomic mass is 35.5. The van der Waals surface area contributed by atoms with E-state index in [9.17, 15) is 22.8 Å². The van der Waals surface area contributed by atoms with Gasteiger partial charge in [-0.25, -0.2) is 4.98 Å². The molecule has 0 radical (unpaired) electrons. The highest BCUT2D eigenvalue weighted by molar-refractivity contribution is 6.31. The van der Waals surface area contributed by atoms with Gasteiger partial charge in [-0.2, -0.15) is 18.3 Å². The van der Waals surface area contributed by atoms with E-state index < -0.39 is 34.4 Å². The maximum absolute atomic E-state index is 13.4. The zero-order valence-corrected chi connectivity index (χ0v) is 19.2. The maximum Gasteiger partial charge on any atom is 0.417 e. The molecule has 2 aromatic heterocycles. The fourth-order valence-corrected chi connectivity index (χ4v) is 4.40. The van der Waals surface area contributed by atoms with E-state index in [2.05, 4.69) is 20.7 Å². The summed E-state index contributed by atoms with van der Waals surface area (Å²) in [6, 6.07) is 6.13. The second kappa shape index (κ2) is 9.67. The summed E-state index contributed by atoms with van der Waals surface area (Å²) in [6.07, 6.45) is -1.45. The predicted octanol–water partition coefficient (Wildman–Crippen LogP) is 4.54. The number of halogens is 4. The molecule has 0 saturated carbocycles. The van der Waals surface area contributed by atoms with Gasteiger partial charge in [-0.05, 0) is 43.2 Å². The summed E-state index contributed by atoms with van der Waals surface area (Å²) in [4.78, 5) is 30.5. The fraction of sp³-hybridized carbons (Fsp3) is 0.304. The van der Waals surface area contributed by atoms with Crippen molar-refractivity contribution in [3.8, 4) is 0 Å². The minimum Gasteiger partial charge on any atom is -0.395 e. The first-order chi connectivity index (χ1) is 16.6. The van der Waals surface area contributed by atoms with Crippen molar-refractivity contribution in [3.63, 3.8) is 0 Å². The number of alkyl halides is 3. The van der Waals surface area contributed by atoms with E-state index in [1.54, 1.807) is 6.07 Å². The van der Waals surface area contributed by atoms with Crippen molar-refractivity contribution in [2.24, 2.45) is 0 Å². The van der Waals surface area contributed by atoms with E-state index in [0.717, 1.165) is 6.07 Å². The summed E-state index contributed by atoms with van der Waals surface area (Å²) < 4.78 is 40.8. The van der Waals surface area contributed by atoms with Gasteiger partial charge in [0.2, 0.25) is 0 Å². The van der Waals surface area contributed by atoms with Crippen LogP contribution in [0.25, 0.3) is 0 Å². The van der Waals surface area contributed by atoms with E-state index in [1.165, 1.54) is 35.3 Å². The van der Waals surface area contributed by atoms with Crippen LogP contribution < -0.4 is 10.6 Å². The van der Waals surface area contributed by atoms with Crippen LogP contribution >= 0.6 is 11.6 Å². The van der Waals surface area contributed by atoms with Crippen molar-refractivity contribution >= 4 is 34.8 Å². The van der Waals surface area contributed by atoms with Crippen LogP contribution in [0.3, 0.4) is 0 Å². The molecule has 0 spiro atoms. The van der Waals surface area contributed by atoms with Gasteiger partial charge in [0.15, 0.2) is 5.78 Å². The van der Waals surface area contributed by atoms with Crippen molar-refractivity contribution in [3.05, 3.63) is 70.1 Å². The number of nitrogens with one attached hydrogen (secondary N) is 2. The summed E-state index contributed by atoms with van der Waals surface area (Å²) in [6.45, 7) is 1.86. The first kappa shape index (κ1) is 24.7. The molecule has 0 saturated heterocycles. The Bertz CT molecular complexity index is 1280. The molecule has 4 rings (SSSR count). The standard InChI is InChI=1S/C23H21ClF3N5O3/c1-12-9-15(13-4-5-16(17(24)10-13)23(25,26)27)20(34)19-18(11-30-32(12)19)31-22(35)14-3-2-6-28-21(14)29-7-8-33/h2-6,10-12,15,33H,7-9H2,1H3,(H,28,29)(H,31,35)/t12-,15?/m0/s1. The Morgan fingerprint density at radius 2 is 2.09 bits per heavy atom. The second-order valence-corrected chi connectivity index (χ2v) is 8.50. The van der Waals surface area contributed by atoms with Gasteiger partial charge in [0.1, 0.15) is 11.5 Å². The van der Waals surface area contributed by atoms with Gasteiger partial charge in [0.05, 0.1) is 46.6 Å². The van der Waals surface area contributed by atoms with Gasteiger partial charge in [-0.1, -0.05) is 17.7 Å². The number of amides is 1. The van der Waals surface area contributed by atoms with Crippen molar-refractivity contribution in [1.82, 2.24) is 14.8 Å². The molecular formula is C23H21ClF3N5O3. The first-order valence-corrected chi connectivity index (χ1v) is 11.1. The summed E-state index contributed by atoms with van der Waals surface area (Å²) >= 11 is 5.88. The van der Waals surface area contributed by atoms with Crippen LogP contribution in [0.5, 0.6) is 0 Å². The Morgan fingerprint density at radius 3 is 2.77 bits per heavy atom. The molecule has 8 nitrogen and oxygen atoms in total. The van der Waals surface area contributed by atoms with E-state index in [4.69, 9.17) is 16.7 Å². The number of aliphatic hydroxyl groups is 1. The number of carbonyl (C=O) groups excluding carboxylic acids is 2. The number of pyridine rings is 1. The molecule has 1 aliphatic rings. The number of carbonyl (C=O) groups is 2. The summed E-state index contributed by atoms with van der Waals surface area (Å²) in [5.41, 5.74) is -0.103. The minimum atomic E-state index is -4.60. The van der Waals surface area contributed by atoms with E-state index in [0.29, 0.717) is 12.0 Å². The average molecular weight is 508 g/mol. The highest BCUT2D eigenvalue weighted by Gasteiger charge is 2.38. The Balaban J connectivity index is 1.64. The molecule has 1 amide bonds. The maximum atomic E-state index is 13.4. The van der Waals surface area contributed by atoms with Crippen molar-refractivity contribution < 1.29 is 27.9 Å². The molecule has 12 heteroatoms. The number of fused-ring (bicyclic) bond motifs is 1. The number of anilines is 2. The Morgan fingerprint density at radius 1 is 1.31 bits per heavy atom. The number of hydrogen-bond donors (Lipinski definition) is 3. The van der Waals surface area contributed by atoms with Crippen LogP contribution in [0.2, 0.25) is 5.02 Å².